The van der Waals surface area contributed by atoms with Gasteiger partial charge in [-0.3, -0.25) is 9.59 Å². The number of hydrogen-bond acceptors (Lipinski definition) is 15. The third kappa shape index (κ3) is 7.09. The highest BCUT2D eigenvalue weighted by molar-refractivity contribution is 5.88. The Labute approximate surface area is 214 Å². The van der Waals surface area contributed by atoms with Gasteiger partial charge in [-0.15, -0.1) is 5.10 Å². The van der Waals surface area contributed by atoms with Gasteiger partial charge in [0.2, 0.25) is 11.7 Å². The largest absolute Gasteiger partial charge is 0.447 e. The highest BCUT2D eigenvalue weighted by atomic mass is 16.7. The second-order valence-corrected chi connectivity index (χ2v) is 8.34. The number of amides is 3. The molecule has 5 unspecified atom stereocenters. The van der Waals surface area contributed by atoms with E-state index in [4.69, 9.17) is 29.8 Å². The van der Waals surface area contributed by atoms with Gasteiger partial charge >= 0.3 is 6.09 Å². The SMILES string of the molecule is NC(=O)c1ncn([C@@H]2O[C@H](COC(=O)NCCNC(=O)COC3OC(CO)C(O)C(O)C3O)[C@@H](O)[C@H]2O)n1. The Morgan fingerprint density at radius 1 is 0.974 bits per heavy atom. The Hall–Kier alpha value is -3.01. The number of aliphatic hydroxyl groups excluding tert-OH is 6. The summed E-state index contributed by atoms with van der Waals surface area (Å²) in [6.07, 6.45) is -12.6. The molecule has 19 nitrogen and oxygen atoms in total. The van der Waals surface area contributed by atoms with Crippen molar-refractivity contribution in [2.75, 3.05) is 32.9 Å². The van der Waals surface area contributed by atoms with Crippen molar-refractivity contribution >= 4 is 17.9 Å². The van der Waals surface area contributed by atoms with Gasteiger partial charge in [0, 0.05) is 13.1 Å². The maximum absolute atomic E-state index is 11.9. The molecule has 3 heterocycles. The number of alkyl carbamates (subject to hydrolysis) is 1. The first-order valence-electron chi connectivity index (χ1n) is 11.4. The topological polar surface area (TPSA) is 290 Å². The fraction of sp³-hybridized carbons (Fsp3) is 0.737. The Bertz CT molecular complexity index is 963. The van der Waals surface area contributed by atoms with Gasteiger partial charge in [0.1, 0.15) is 62.3 Å². The molecule has 0 aliphatic carbocycles. The fourth-order valence-electron chi connectivity index (χ4n) is 3.59. The van der Waals surface area contributed by atoms with Gasteiger partial charge in [0.05, 0.1) is 6.61 Å². The Morgan fingerprint density at radius 3 is 2.32 bits per heavy atom. The number of nitrogens with zero attached hydrogens (tertiary/aromatic N) is 3. The Balaban J connectivity index is 1.32. The molecule has 1 aromatic rings. The van der Waals surface area contributed by atoms with Gasteiger partial charge < -0.3 is 66.0 Å². The van der Waals surface area contributed by atoms with Gasteiger partial charge in [-0.25, -0.2) is 14.5 Å². The standard InChI is InChI=1S/C19H30N6O13/c20-15(33)16-23-6-25(24-16)17-13(31)11(29)8(37-17)4-36-19(34)22-2-1-21-9(27)5-35-18-14(32)12(30)10(28)7(3-26)38-18/h6-8,10-14,17-18,26,28-32H,1-5H2,(H2,20,33)(H,21,27)(H,22,34)/t7?,8-,10?,11-,12?,13-,14?,17-,18?/m1/s1. The van der Waals surface area contributed by atoms with E-state index in [1.165, 1.54) is 0 Å². The normalized spacial score (nSPS) is 33.1. The van der Waals surface area contributed by atoms with Crippen LogP contribution in [0.3, 0.4) is 0 Å². The van der Waals surface area contributed by atoms with Crippen molar-refractivity contribution < 1.29 is 64.0 Å². The number of nitrogens with two attached hydrogens (primary N) is 1. The van der Waals surface area contributed by atoms with Crippen LogP contribution in [0.5, 0.6) is 0 Å². The molecule has 0 saturated carbocycles. The van der Waals surface area contributed by atoms with Crippen LogP contribution in [-0.2, 0) is 23.7 Å². The first-order valence-corrected chi connectivity index (χ1v) is 11.4. The molecular formula is C19H30N6O13. The van der Waals surface area contributed by atoms with Crippen LogP contribution in [0.15, 0.2) is 6.33 Å². The van der Waals surface area contributed by atoms with Crippen molar-refractivity contribution in [2.24, 2.45) is 5.73 Å². The summed E-state index contributed by atoms with van der Waals surface area (Å²) in [4.78, 5) is 38.6. The number of ether oxygens (including phenoxy) is 4. The monoisotopic (exact) mass is 550 g/mol. The number of aromatic nitrogens is 3. The van der Waals surface area contributed by atoms with Crippen LogP contribution < -0.4 is 16.4 Å². The van der Waals surface area contributed by atoms with E-state index in [0.29, 0.717) is 0 Å². The summed E-state index contributed by atoms with van der Waals surface area (Å²) < 4.78 is 21.6. The van der Waals surface area contributed by atoms with E-state index in [1.807, 2.05) is 0 Å². The van der Waals surface area contributed by atoms with Gasteiger partial charge in [-0.05, 0) is 0 Å². The lowest BCUT2D eigenvalue weighted by atomic mass is 9.99. The molecule has 0 spiro atoms. The summed E-state index contributed by atoms with van der Waals surface area (Å²) in [6.45, 7) is -1.81. The van der Waals surface area contributed by atoms with Gasteiger partial charge in [0.25, 0.3) is 5.91 Å². The minimum atomic E-state index is -1.65. The maximum atomic E-state index is 11.9. The third-order valence-electron chi connectivity index (χ3n) is 5.65. The van der Waals surface area contributed by atoms with Crippen molar-refractivity contribution in [3.05, 3.63) is 12.2 Å². The summed E-state index contributed by atoms with van der Waals surface area (Å²) in [5, 5.41) is 67.2. The molecule has 0 aromatic carbocycles. The van der Waals surface area contributed by atoms with Crippen LogP contribution in [0.2, 0.25) is 0 Å². The fourth-order valence-corrected chi connectivity index (χ4v) is 3.59. The van der Waals surface area contributed by atoms with Crippen LogP contribution in [0.4, 0.5) is 4.79 Å². The predicted molar refractivity (Wildman–Crippen MR) is 117 cm³/mol. The lowest BCUT2D eigenvalue weighted by Gasteiger charge is -2.39. The van der Waals surface area contributed by atoms with Crippen LogP contribution in [0.1, 0.15) is 16.8 Å². The molecule has 0 bridgehead atoms. The van der Waals surface area contributed by atoms with Crippen molar-refractivity contribution in [1.82, 2.24) is 25.4 Å². The molecule has 2 aliphatic heterocycles. The van der Waals surface area contributed by atoms with Crippen molar-refractivity contribution in [3.8, 4) is 0 Å². The molecule has 1 aromatic heterocycles. The van der Waals surface area contributed by atoms with E-state index < -0.39 is 93.0 Å². The molecule has 19 heteroatoms. The number of primary amides is 1. The van der Waals surface area contributed by atoms with Crippen LogP contribution in [0, 0.1) is 0 Å². The van der Waals surface area contributed by atoms with Crippen LogP contribution in [-0.4, -0.2) is 145 Å². The zero-order valence-electron chi connectivity index (χ0n) is 19.8. The minimum Gasteiger partial charge on any atom is -0.447 e. The van der Waals surface area contributed by atoms with Gasteiger partial charge in [-0.2, -0.15) is 0 Å². The highest BCUT2D eigenvalue weighted by Gasteiger charge is 2.45. The molecule has 3 amide bonds. The average molecular weight is 550 g/mol. The molecule has 10 N–H and O–H groups in total. The second-order valence-electron chi connectivity index (χ2n) is 8.34. The number of carbonyl (C=O) groups excluding carboxylic acids is 3. The van der Waals surface area contributed by atoms with E-state index in [2.05, 4.69) is 20.7 Å². The molecule has 2 saturated heterocycles. The number of nitrogens with one attached hydrogen (secondary N) is 2. The molecular weight excluding hydrogens is 520 g/mol. The van der Waals surface area contributed by atoms with Crippen molar-refractivity contribution in [1.29, 1.82) is 0 Å². The highest BCUT2D eigenvalue weighted by Crippen LogP contribution is 2.29. The summed E-state index contributed by atoms with van der Waals surface area (Å²) in [7, 11) is 0. The van der Waals surface area contributed by atoms with Crippen LogP contribution in [0.25, 0.3) is 0 Å². The lowest BCUT2D eigenvalue weighted by Crippen LogP contribution is -2.59. The summed E-state index contributed by atoms with van der Waals surface area (Å²) in [6, 6.07) is 0. The van der Waals surface area contributed by atoms with Gasteiger partial charge in [0.15, 0.2) is 12.5 Å². The van der Waals surface area contributed by atoms with E-state index in [9.17, 15) is 39.9 Å². The zero-order chi connectivity index (χ0) is 28.0. The number of carbonyl (C=O) groups is 3. The van der Waals surface area contributed by atoms with Crippen LogP contribution >= 0.6 is 0 Å². The van der Waals surface area contributed by atoms with E-state index in [1.54, 1.807) is 0 Å². The Kier molecular flexibility index (Phi) is 10.2. The van der Waals surface area contributed by atoms with E-state index >= 15 is 0 Å². The number of hydrogen-bond donors (Lipinski definition) is 9. The lowest BCUT2D eigenvalue weighted by molar-refractivity contribution is -0.299. The summed E-state index contributed by atoms with van der Waals surface area (Å²) >= 11 is 0. The molecule has 214 valence electrons. The summed E-state index contributed by atoms with van der Waals surface area (Å²) in [5.74, 6) is -1.87. The minimum absolute atomic E-state index is 0.0518. The number of aliphatic hydroxyl groups is 6. The first-order chi connectivity index (χ1) is 18.0. The molecule has 2 aliphatic rings. The molecule has 2 fully saturated rings. The predicted octanol–water partition coefficient (Wildman–Crippen LogP) is -6.34. The quantitative estimate of drug-likeness (QED) is 0.116. The number of rotatable bonds is 11. The second kappa shape index (κ2) is 13.2. The van der Waals surface area contributed by atoms with E-state index in [-0.39, 0.29) is 18.9 Å². The van der Waals surface area contributed by atoms with Gasteiger partial charge in [-0.1, -0.05) is 0 Å². The van der Waals surface area contributed by atoms with Crippen molar-refractivity contribution in [2.45, 2.75) is 55.2 Å². The summed E-state index contributed by atoms with van der Waals surface area (Å²) in [5.41, 5.74) is 5.07. The zero-order valence-corrected chi connectivity index (χ0v) is 19.8. The van der Waals surface area contributed by atoms with Crippen molar-refractivity contribution in [3.63, 3.8) is 0 Å². The molecule has 0 radical (unpaired) electrons. The first kappa shape index (κ1) is 29.5. The maximum Gasteiger partial charge on any atom is 0.407 e. The smallest absolute Gasteiger partial charge is 0.407 e. The van der Waals surface area contributed by atoms with E-state index in [0.717, 1.165) is 11.0 Å². The third-order valence-corrected chi connectivity index (χ3v) is 5.65. The Morgan fingerprint density at radius 2 is 1.66 bits per heavy atom. The molecule has 9 atom stereocenters. The molecule has 3 rings (SSSR count). The average Bonchev–Trinajstić information content (AvgIpc) is 3.49. The molecule has 38 heavy (non-hydrogen) atoms.